The standard InChI is InChI=1S/C24H26FN3O2/c1-3-12-26-28-14-19-17(10-7-11-20(19)25)22(15(28)2)24(30)27-23(18-13-21(18)29)16-8-5-4-6-9-16/h4-11,18,23,26H,3,12-14H2,1-2H3,(H,27,30)/t18?,23-/m1/s1. The zero-order valence-electron chi connectivity index (χ0n) is 17.2. The molecule has 1 heterocycles. The van der Waals surface area contributed by atoms with E-state index in [0.717, 1.165) is 24.2 Å². The van der Waals surface area contributed by atoms with Crippen molar-refractivity contribution < 1.29 is 14.0 Å². The molecule has 6 heteroatoms. The highest BCUT2D eigenvalue weighted by Gasteiger charge is 2.43. The molecule has 0 radical (unpaired) electrons. The Bertz CT molecular complexity index is 1000. The van der Waals surface area contributed by atoms with Gasteiger partial charge in [-0.05, 0) is 30.5 Å². The first-order chi connectivity index (χ1) is 14.5. The molecule has 1 aliphatic heterocycles. The van der Waals surface area contributed by atoms with Crippen molar-refractivity contribution in [2.75, 3.05) is 6.54 Å². The van der Waals surface area contributed by atoms with Crippen molar-refractivity contribution in [3.63, 3.8) is 0 Å². The van der Waals surface area contributed by atoms with Gasteiger partial charge in [0.1, 0.15) is 11.6 Å². The Balaban J connectivity index is 1.69. The molecule has 1 unspecified atom stereocenters. The van der Waals surface area contributed by atoms with Crippen LogP contribution < -0.4 is 10.7 Å². The summed E-state index contributed by atoms with van der Waals surface area (Å²) in [6.45, 7) is 4.99. The lowest BCUT2D eigenvalue weighted by molar-refractivity contribution is -0.116. The average molecular weight is 407 g/mol. The predicted molar refractivity (Wildman–Crippen MR) is 113 cm³/mol. The number of fused-ring (bicyclic) bond motifs is 1. The highest BCUT2D eigenvalue weighted by molar-refractivity contribution is 6.21. The van der Waals surface area contributed by atoms with E-state index in [1.807, 2.05) is 42.3 Å². The molecule has 30 heavy (non-hydrogen) atoms. The van der Waals surface area contributed by atoms with Crippen molar-refractivity contribution in [1.29, 1.82) is 0 Å². The number of rotatable bonds is 7. The highest BCUT2D eigenvalue weighted by Crippen LogP contribution is 2.39. The van der Waals surface area contributed by atoms with E-state index in [9.17, 15) is 14.0 Å². The fourth-order valence-corrected chi connectivity index (χ4v) is 4.02. The number of nitrogens with one attached hydrogen (secondary N) is 2. The number of allylic oxidation sites excluding steroid dienone is 1. The average Bonchev–Trinajstić information content (AvgIpc) is 3.47. The molecule has 156 valence electrons. The summed E-state index contributed by atoms with van der Waals surface area (Å²) < 4.78 is 14.6. The second kappa shape index (κ2) is 8.40. The number of hydrogen-bond acceptors (Lipinski definition) is 4. The van der Waals surface area contributed by atoms with Gasteiger partial charge in [0.2, 0.25) is 0 Å². The first kappa shape index (κ1) is 20.3. The van der Waals surface area contributed by atoms with Gasteiger partial charge in [0.25, 0.3) is 5.91 Å². The number of halogens is 1. The summed E-state index contributed by atoms with van der Waals surface area (Å²) in [6.07, 6.45) is 1.38. The topological polar surface area (TPSA) is 61.4 Å². The van der Waals surface area contributed by atoms with Crippen LogP contribution in [0.3, 0.4) is 0 Å². The van der Waals surface area contributed by atoms with E-state index in [0.29, 0.717) is 29.7 Å². The lowest BCUT2D eigenvalue weighted by atomic mass is 9.92. The molecule has 2 atom stereocenters. The van der Waals surface area contributed by atoms with Crippen LogP contribution in [0.5, 0.6) is 0 Å². The third-order valence-corrected chi connectivity index (χ3v) is 5.77. The van der Waals surface area contributed by atoms with Crippen LogP contribution in [-0.4, -0.2) is 23.2 Å². The third kappa shape index (κ3) is 3.87. The molecule has 2 aliphatic rings. The zero-order valence-corrected chi connectivity index (χ0v) is 17.2. The minimum Gasteiger partial charge on any atom is -0.344 e. The van der Waals surface area contributed by atoms with Crippen molar-refractivity contribution in [1.82, 2.24) is 15.8 Å². The molecule has 1 fully saturated rings. The van der Waals surface area contributed by atoms with Gasteiger partial charge in [-0.3, -0.25) is 9.59 Å². The van der Waals surface area contributed by atoms with Crippen molar-refractivity contribution in [2.24, 2.45) is 5.92 Å². The Morgan fingerprint density at radius 2 is 1.93 bits per heavy atom. The van der Waals surface area contributed by atoms with E-state index < -0.39 is 0 Å². The van der Waals surface area contributed by atoms with E-state index >= 15 is 0 Å². The van der Waals surface area contributed by atoms with Crippen molar-refractivity contribution in [2.45, 2.75) is 39.3 Å². The first-order valence-electron chi connectivity index (χ1n) is 10.4. The first-order valence-corrected chi connectivity index (χ1v) is 10.4. The number of hydrogen-bond donors (Lipinski definition) is 2. The molecule has 1 amide bonds. The van der Waals surface area contributed by atoms with Crippen LogP contribution in [-0.2, 0) is 16.1 Å². The maximum Gasteiger partial charge on any atom is 0.254 e. The Morgan fingerprint density at radius 3 is 2.60 bits per heavy atom. The van der Waals surface area contributed by atoms with Crippen LogP contribution in [0.4, 0.5) is 4.39 Å². The molecule has 1 saturated carbocycles. The number of Topliss-reactive ketones (excluding diaryl/α,β-unsaturated/α-hetero) is 1. The van der Waals surface area contributed by atoms with E-state index in [1.54, 1.807) is 12.1 Å². The van der Waals surface area contributed by atoms with E-state index in [1.165, 1.54) is 6.07 Å². The summed E-state index contributed by atoms with van der Waals surface area (Å²) >= 11 is 0. The molecule has 2 aromatic rings. The lowest BCUT2D eigenvalue weighted by Gasteiger charge is -2.34. The van der Waals surface area contributed by atoms with Gasteiger partial charge < -0.3 is 10.3 Å². The van der Waals surface area contributed by atoms with E-state index in [-0.39, 0.29) is 29.5 Å². The van der Waals surface area contributed by atoms with Gasteiger partial charge in [0.15, 0.2) is 0 Å². The van der Waals surface area contributed by atoms with Crippen LogP contribution in [0.2, 0.25) is 0 Å². The van der Waals surface area contributed by atoms with Crippen LogP contribution in [0.25, 0.3) is 5.57 Å². The fourth-order valence-electron chi connectivity index (χ4n) is 4.02. The summed E-state index contributed by atoms with van der Waals surface area (Å²) in [5.41, 5.74) is 6.46. The van der Waals surface area contributed by atoms with Gasteiger partial charge in [-0.1, -0.05) is 49.4 Å². The van der Waals surface area contributed by atoms with Crippen LogP contribution >= 0.6 is 0 Å². The summed E-state index contributed by atoms with van der Waals surface area (Å²) in [5.74, 6) is -0.681. The monoisotopic (exact) mass is 407 g/mol. The normalized spacial score (nSPS) is 18.8. The van der Waals surface area contributed by atoms with Gasteiger partial charge in [0, 0.05) is 30.1 Å². The fraction of sp³-hybridized carbons (Fsp3) is 0.333. The molecule has 0 saturated heterocycles. The van der Waals surface area contributed by atoms with Gasteiger partial charge in [-0.25, -0.2) is 9.82 Å². The number of ketones is 1. The molecule has 4 rings (SSSR count). The zero-order chi connectivity index (χ0) is 21.3. The molecule has 0 aromatic heterocycles. The third-order valence-electron chi connectivity index (χ3n) is 5.77. The molecular weight excluding hydrogens is 381 g/mol. The van der Waals surface area contributed by atoms with Crippen molar-refractivity contribution in [3.8, 4) is 0 Å². The van der Waals surface area contributed by atoms with Gasteiger partial charge in [-0.15, -0.1) is 0 Å². The van der Waals surface area contributed by atoms with E-state index in [4.69, 9.17) is 0 Å². The van der Waals surface area contributed by atoms with Gasteiger partial charge >= 0.3 is 0 Å². The Hall–Kier alpha value is -2.99. The largest absolute Gasteiger partial charge is 0.344 e. The molecule has 5 nitrogen and oxygen atoms in total. The number of hydrazine groups is 1. The Morgan fingerprint density at radius 1 is 1.20 bits per heavy atom. The van der Waals surface area contributed by atoms with Crippen molar-refractivity contribution >= 4 is 17.3 Å². The second-order valence-electron chi connectivity index (χ2n) is 7.86. The SMILES string of the molecule is CCCNN1Cc2c(F)cccc2C(C(=O)N[C@H](c2ccccc2)C2CC2=O)=C1C. The predicted octanol–water partition coefficient (Wildman–Crippen LogP) is 3.73. The van der Waals surface area contributed by atoms with Crippen molar-refractivity contribution in [3.05, 3.63) is 76.7 Å². The molecular formula is C24H26FN3O2. The maximum atomic E-state index is 14.6. The summed E-state index contributed by atoms with van der Waals surface area (Å²) in [4.78, 5) is 25.4. The summed E-state index contributed by atoms with van der Waals surface area (Å²) in [5, 5.41) is 4.91. The number of amides is 1. The lowest BCUT2D eigenvalue weighted by Crippen LogP contribution is -2.42. The molecule has 1 aliphatic carbocycles. The number of benzene rings is 2. The van der Waals surface area contributed by atoms with Gasteiger partial charge in [-0.2, -0.15) is 0 Å². The van der Waals surface area contributed by atoms with Crippen LogP contribution in [0.1, 0.15) is 49.4 Å². The second-order valence-corrected chi connectivity index (χ2v) is 7.86. The number of carbonyl (C=O) groups is 2. The van der Waals surface area contributed by atoms with E-state index in [2.05, 4.69) is 17.7 Å². The molecule has 2 N–H and O–H groups in total. The maximum absolute atomic E-state index is 14.6. The molecule has 0 bridgehead atoms. The smallest absolute Gasteiger partial charge is 0.254 e. The Kier molecular flexibility index (Phi) is 5.68. The minimum absolute atomic E-state index is 0.149. The van der Waals surface area contributed by atoms with Crippen LogP contribution in [0.15, 0.2) is 54.2 Å². The minimum atomic E-state index is -0.387. The molecule has 0 spiro atoms. The Labute approximate surface area is 175 Å². The number of nitrogens with zero attached hydrogens (tertiary/aromatic N) is 1. The summed E-state index contributed by atoms with van der Waals surface area (Å²) in [6, 6.07) is 14.0. The highest BCUT2D eigenvalue weighted by atomic mass is 19.1. The number of carbonyl (C=O) groups excluding carboxylic acids is 2. The van der Waals surface area contributed by atoms with Gasteiger partial charge in [0.05, 0.1) is 18.2 Å². The van der Waals surface area contributed by atoms with Crippen LogP contribution in [0, 0.1) is 11.7 Å². The molecule has 2 aromatic carbocycles. The summed E-state index contributed by atoms with van der Waals surface area (Å²) in [7, 11) is 0. The quantitative estimate of drug-likeness (QED) is 0.734.